The Morgan fingerprint density at radius 1 is 1.43 bits per heavy atom. The molecule has 0 spiro atoms. The molecule has 82 valence electrons. The molecule has 0 aromatic rings. The number of likely N-dealkylation sites (tertiary alicyclic amines) is 1. The highest BCUT2D eigenvalue weighted by atomic mass is 16.5. The van der Waals surface area contributed by atoms with E-state index in [9.17, 15) is 4.79 Å². The molecule has 0 aliphatic carbocycles. The van der Waals surface area contributed by atoms with E-state index in [-0.39, 0.29) is 0 Å². The Labute approximate surface area is 86.4 Å². The van der Waals surface area contributed by atoms with E-state index in [1.54, 1.807) is 7.11 Å². The van der Waals surface area contributed by atoms with Crippen molar-refractivity contribution in [2.45, 2.75) is 32.6 Å². The fourth-order valence-corrected chi connectivity index (χ4v) is 1.96. The van der Waals surface area contributed by atoms with Crippen molar-refractivity contribution in [3.05, 3.63) is 0 Å². The van der Waals surface area contributed by atoms with Crippen LogP contribution in [-0.4, -0.2) is 37.6 Å². The summed E-state index contributed by atoms with van der Waals surface area (Å²) in [6.45, 7) is 4.74. The number of amides is 1. The minimum atomic E-state index is 0.323. The van der Waals surface area contributed by atoms with Crippen molar-refractivity contribution in [1.82, 2.24) is 4.90 Å². The quantitative estimate of drug-likeness (QED) is 0.689. The van der Waals surface area contributed by atoms with Gasteiger partial charge in [0.1, 0.15) is 0 Å². The van der Waals surface area contributed by atoms with Crippen LogP contribution in [0.1, 0.15) is 32.6 Å². The highest BCUT2D eigenvalue weighted by Gasteiger charge is 2.21. The van der Waals surface area contributed by atoms with Crippen LogP contribution in [0.3, 0.4) is 0 Å². The largest absolute Gasteiger partial charge is 0.384 e. The number of nitrogens with zero attached hydrogens (tertiary/aromatic N) is 1. The number of hydrogen-bond acceptors (Lipinski definition) is 2. The third-order valence-corrected chi connectivity index (χ3v) is 2.83. The van der Waals surface area contributed by atoms with Crippen LogP contribution in [0.15, 0.2) is 0 Å². The lowest BCUT2D eigenvalue weighted by atomic mass is 9.97. The van der Waals surface area contributed by atoms with Gasteiger partial charge in [0, 0.05) is 33.2 Å². The number of piperidine rings is 1. The summed E-state index contributed by atoms with van der Waals surface area (Å²) in [6, 6.07) is 0. The molecule has 0 radical (unpaired) electrons. The predicted molar refractivity (Wildman–Crippen MR) is 56.1 cm³/mol. The monoisotopic (exact) mass is 199 g/mol. The summed E-state index contributed by atoms with van der Waals surface area (Å²) in [5.74, 6) is 0.981. The molecule has 1 heterocycles. The second kappa shape index (κ2) is 6.02. The number of carbonyl (C=O) groups is 1. The average Bonchev–Trinajstić information content (AvgIpc) is 2.20. The Bertz CT molecular complexity index is 174. The number of rotatable bonds is 4. The van der Waals surface area contributed by atoms with Gasteiger partial charge in [-0.15, -0.1) is 0 Å². The summed E-state index contributed by atoms with van der Waals surface area (Å²) in [4.78, 5) is 13.6. The fourth-order valence-electron chi connectivity index (χ4n) is 1.96. The van der Waals surface area contributed by atoms with Crippen molar-refractivity contribution in [2.75, 3.05) is 26.8 Å². The Morgan fingerprint density at radius 2 is 2.07 bits per heavy atom. The first-order chi connectivity index (χ1) is 6.77. The topological polar surface area (TPSA) is 29.5 Å². The minimum absolute atomic E-state index is 0.323. The number of ether oxygens (including phenoxy) is 1. The van der Waals surface area contributed by atoms with Gasteiger partial charge in [-0.1, -0.05) is 6.92 Å². The van der Waals surface area contributed by atoms with E-state index in [0.717, 1.165) is 39.0 Å². The third kappa shape index (κ3) is 3.29. The van der Waals surface area contributed by atoms with Gasteiger partial charge < -0.3 is 9.64 Å². The van der Waals surface area contributed by atoms with Crippen LogP contribution in [0.5, 0.6) is 0 Å². The summed E-state index contributed by atoms with van der Waals surface area (Å²) < 4.78 is 5.12. The third-order valence-electron chi connectivity index (χ3n) is 2.83. The molecule has 1 aliphatic rings. The van der Waals surface area contributed by atoms with Crippen LogP contribution in [0.2, 0.25) is 0 Å². The van der Waals surface area contributed by atoms with Gasteiger partial charge in [0.05, 0.1) is 0 Å². The van der Waals surface area contributed by atoms with Gasteiger partial charge in [0.25, 0.3) is 0 Å². The Morgan fingerprint density at radius 3 is 2.57 bits per heavy atom. The van der Waals surface area contributed by atoms with Crippen LogP contribution in [0.25, 0.3) is 0 Å². The van der Waals surface area contributed by atoms with Crippen molar-refractivity contribution in [3.8, 4) is 0 Å². The van der Waals surface area contributed by atoms with Crippen molar-refractivity contribution in [1.29, 1.82) is 0 Å². The first-order valence-electron chi connectivity index (χ1n) is 5.54. The van der Waals surface area contributed by atoms with Crippen LogP contribution in [0, 0.1) is 5.92 Å². The van der Waals surface area contributed by atoms with Gasteiger partial charge in [-0.25, -0.2) is 0 Å². The number of carbonyl (C=O) groups excluding carboxylic acids is 1. The first kappa shape index (κ1) is 11.5. The Kier molecular flexibility index (Phi) is 4.94. The summed E-state index contributed by atoms with van der Waals surface area (Å²) in [6.07, 6.45) is 3.86. The molecule has 0 unspecified atom stereocenters. The van der Waals surface area contributed by atoms with Crippen molar-refractivity contribution in [3.63, 3.8) is 0 Å². The van der Waals surface area contributed by atoms with Gasteiger partial charge in [-0.2, -0.15) is 0 Å². The molecule has 0 bridgehead atoms. The SMILES string of the molecule is CCCC(=O)N1CCC(COC)CC1. The molecular weight excluding hydrogens is 178 g/mol. The molecule has 0 saturated carbocycles. The minimum Gasteiger partial charge on any atom is -0.384 e. The molecule has 0 aromatic heterocycles. The van der Waals surface area contributed by atoms with Crippen LogP contribution in [-0.2, 0) is 9.53 Å². The molecule has 1 amide bonds. The van der Waals surface area contributed by atoms with Crippen LogP contribution in [0.4, 0.5) is 0 Å². The van der Waals surface area contributed by atoms with E-state index in [0.29, 0.717) is 18.2 Å². The fraction of sp³-hybridized carbons (Fsp3) is 0.909. The summed E-state index contributed by atoms with van der Waals surface area (Å²) in [5.41, 5.74) is 0. The smallest absolute Gasteiger partial charge is 0.222 e. The van der Waals surface area contributed by atoms with E-state index in [2.05, 4.69) is 6.92 Å². The maximum atomic E-state index is 11.6. The summed E-state index contributed by atoms with van der Waals surface area (Å²) in [5, 5.41) is 0. The standard InChI is InChI=1S/C11H21NO2/c1-3-4-11(13)12-7-5-10(6-8-12)9-14-2/h10H,3-9H2,1-2H3. The van der Waals surface area contributed by atoms with Gasteiger partial charge >= 0.3 is 0 Å². The van der Waals surface area contributed by atoms with Gasteiger partial charge in [0.15, 0.2) is 0 Å². The number of hydrogen-bond donors (Lipinski definition) is 0. The Hall–Kier alpha value is -0.570. The van der Waals surface area contributed by atoms with Gasteiger partial charge in [-0.3, -0.25) is 4.79 Å². The maximum absolute atomic E-state index is 11.6. The second-order valence-corrected chi connectivity index (χ2v) is 4.03. The van der Waals surface area contributed by atoms with Crippen molar-refractivity contribution < 1.29 is 9.53 Å². The summed E-state index contributed by atoms with van der Waals surface area (Å²) in [7, 11) is 1.74. The molecule has 1 fully saturated rings. The molecular formula is C11H21NO2. The normalized spacial score (nSPS) is 18.6. The predicted octanol–water partition coefficient (Wildman–Crippen LogP) is 1.67. The zero-order chi connectivity index (χ0) is 10.4. The lowest BCUT2D eigenvalue weighted by molar-refractivity contribution is -0.132. The molecule has 1 saturated heterocycles. The van der Waals surface area contributed by atoms with Gasteiger partial charge in [0.2, 0.25) is 5.91 Å². The lowest BCUT2D eigenvalue weighted by Crippen LogP contribution is -2.39. The molecule has 1 rings (SSSR count). The van der Waals surface area contributed by atoms with Crippen molar-refractivity contribution in [2.24, 2.45) is 5.92 Å². The Balaban J connectivity index is 2.24. The van der Waals surface area contributed by atoms with E-state index < -0.39 is 0 Å². The van der Waals surface area contributed by atoms with Crippen LogP contribution >= 0.6 is 0 Å². The maximum Gasteiger partial charge on any atom is 0.222 e. The molecule has 0 atom stereocenters. The average molecular weight is 199 g/mol. The molecule has 0 N–H and O–H groups in total. The molecule has 1 aliphatic heterocycles. The molecule has 0 aromatic carbocycles. The lowest BCUT2D eigenvalue weighted by Gasteiger charge is -2.31. The van der Waals surface area contributed by atoms with Crippen LogP contribution < -0.4 is 0 Å². The first-order valence-corrected chi connectivity index (χ1v) is 5.54. The second-order valence-electron chi connectivity index (χ2n) is 4.03. The molecule has 3 heteroatoms. The molecule has 3 nitrogen and oxygen atoms in total. The zero-order valence-electron chi connectivity index (χ0n) is 9.29. The van der Waals surface area contributed by atoms with E-state index in [1.807, 2.05) is 4.90 Å². The van der Waals surface area contributed by atoms with E-state index in [1.165, 1.54) is 0 Å². The van der Waals surface area contributed by atoms with Crippen molar-refractivity contribution >= 4 is 5.91 Å². The molecule has 14 heavy (non-hydrogen) atoms. The summed E-state index contributed by atoms with van der Waals surface area (Å²) >= 11 is 0. The van der Waals surface area contributed by atoms with E-state index >= 15 is 0 Å². The highest BCUT2D eigenvalue weighted by Crippen LogP contribution is 2.17. The number of methoxy groups -OCH3 is 1. The van der Waals surface area contributed by atoms with E-state index in [4.69, 9.17) is 4.74 Å². The zero-order valence-corrected chi connectivity index (χ0v) is 9.29. The highest BCUT2D eigenvalue weighted by molar-refractivity contribution is 5.76. The van der Waals surface area contributed by atoms with Gasteiger partial charge in [-0.05, 0) is 25.2 Å².